The molecule has 0 N–H and O–H groups in total. The topological polar surface area (TPSA) is 48.0 Å². The molecule has 1 saturated heterocycles. The normalized spacial score (nSPS) is 18.8. The van der Waals surface area contributed by atoms with Gasteiger partial charge < -0.3 is 9.47 Å². The van der Waals surface area contributed by atoms with E-state index < -0.39 is 12.4 Å². The summed E-state index contributed by atoms with van der Waals surface area (Å²) in [4.78, 5) is 18.9. The molecule has 154 valence electrons. The summed E-state index contributed by atoms with van der Waals surface area (Å²) in [6.07, 6.45) is -1.30. The van der Waals surface area contributed by atoms with Crippen LogP contribution in [0.1, 0.15) is 22.2 Å². The van der Waals surface area contributed by atoms with Gasteiger partial charge in [0.2, 0.25) is 6.29 Å². The highest BCUT2D eigenvalue weighted by Gasteiger charge is 2.34. The van der Waals surface area contributed by atoms with Gasteiger partial charge in [-0.15, -0.1) is 0 Å². The molecule has 0 bridgehead atoms. The van der Waals surface area contributed by atoms with Gasteiger partial charge in [-0.2, -0.15) is 0 Å². The first-order valence-corrected chi connectivity index (χ1v) is 10.2. The Balaban J connectivity index is 1.56. The van der Waals surface area contributed by atoms with Crippen molar-refractivity contribution in [1.29, 1.82) is 0 Å². The highest BCUT2D eigenvalue weighted by Crippen LogP contribution is 2.34. The monoisotopic (exact) mass is 443 g/mol. The van der Waals surface area contributed by atoms with E-state index in [0.29, 0.717) is 21.2 Å². The van der Waals surface area contributed by atoms with Gasteiger partial charge in [-0.1, -0.05) is 65.7 Å². The van der Waals surface area contributed by atoms with Crippen LogP contribution < -0.4 is 4.74 Å². The Kier molecular flexibility index (Phi) is 6.55. The fourth-order valence-electron chi connectivity index (χ4n) is 3.06. The van der Waals surface area contributed by atoms with Gasteiger partial charge in [-0.3, -0.25) is 4.79 Å². The minimum absolute atomic E-state index is 0.211. The van der Waals surface area contributed by atoms with Crippen LogP contribution >= 0.6 is 23.2 Å². The fraction of sp³-hybridized carbons (Fsp3) is 0.174. The van der Waals surface area contributed by atoms with E-state index in [1.165, 1.54) is 5.06 Å². The Labute approximate surface area is 184 Å². The van der Waals surface area contributed by atoms with E-state index in [2.05, 4.69) is 0 Å². The molecule has 7 heteroatoms. The Bertz CT molecular complexity index is 1000. The van der Waals surface area contributed by atoms with Crippen LogP contribution in [-0.4, -0.2) is 30.2 Å². The van der Waals surface area contributed by atoms with Crippen molar-refractivity contribution in [2.24, 2.45) is 0 Å². The summed E-state index contributed by atoms with van der Waals surface area (Å²) in [5.74, 6) is 0.452. The molecule has 4 rings (SSSR count). The number of hydrogen-bond donors (Lipinski definition) is 0. The van der Waals surface area contributed by atoms with Crippen molar-refractivity contribution in [3.8, 4) is 5.75 Å². The molecule has 2 atom stereocenters. The molecule has 1 amide bonds. The summed E-state index contributed by atoms with van der Waals surface area (Å²) in [5, 5.41) is 2.19. The van der Waals surface area contributed by atoms with Gasteiger partial charge in [-0.05, 0) is 36.4 Å². The minimum atomic E-state index is -0.874. The summed E-state index contributed by atoms with van der Waals surface area (Å²) in [5.41, 5.74) is 1.10. The molecule has 0 aromatic heterocycles. The molecule has 0 radical (unpaired) electrons. The standard InChI is InChI=1S/C23H19Cl2NO4/c24-17-11-12-20(21(25)13-17)23-29-19(15-28-18-9-5-2-6-10-18)14-26(30-23)22(27)16-7-3-1-4-8-16/h1-13,19,23H,14-15H2/t19-,23-/m0/s1. The number of benzene rings is 3. The van der Waals surface area contributed by atoms with Crippen LogP contribution in [-0.2, 0) is 9.57 Å². The average molecular weight is 444 g/mol. The number of ether oxygens (including phenoxy) is 2. The summed E-state index contributed by atoms with van der Waals surface area (Å²) in [6.45, 7) is 0.454. The number of nitrogens with zero attached hydrogens (tertiary/aromatic N) is 1. The number of halogens is 2. The van der Waals surface area contributed by atoms with Crippen molar-refractivity contribution in [3.63, 3.8) is 0 Å². The lowest BCUT2D eigenvalue weighted by molar-refractivity contribution is -0.325. The molecular formula is C23H19Cl2NO4. The third-order valence-corrected chi connectivity index (χ3v) is 5.11. The first kappa shape index (κ1) is 20.7. The molecule has 3 aromatic carbocycles. The third kappa shape index (κ3) is 4.94. The summed E-state index contributed by atoms with van der Waals surface area (Å²) < 4.78 is 11.9. The maximum absolute atomic E-state index is 13.0. The van der Waals surface area contributed by atoms with Crippen LogP contribution in [0.3, 0.4) is 0 Å². The lowest BCUT2D eigenvalue weighted by atomic mass is 10.2. The van der Waals surface area contributed by atoms with Crippen LogP contribution in [0.4, 0.5) is 0 Å². The fourth-order valence-corrected chi connectivity index (χ4v) is 3.56. The lowest BCUT2D eigenvalue weighted by Gasteiger charge is -2.37. The van der Waals surface area contributed by atoms with Gasteiger partial charge in [0.1, 0.15) is 18.5 Å². The van der Waals surface area contributed by atoms with Crippen LogP contribution in [0.5, 0.6) is 5.75 Å². The molecule has 1 aliphatic heterocycles. The van der Waals surface area contributed by atoms with E-state index >= 15 is 0 Å². The first-order valence-electron chi connectivity index (χ1n) is 9.42. The van der Waals surface area contributed by atoms with Gasteiger partial charge >= 0.3 is 0 Å². The second-order valence-electron chi connectivity index (χ2n) is 6.72. The van der Waals surface area contributed by atoms with Crippen LogP contribution in [0.2, 0.25) is 10.0 Å². The van der Waals surface area contributed by atoms with Gasteiger partial charge in [0.15, 0.2) is 0 Å². The molecule has 0 spiro atoms. The molecule has 0 saturated carbocycles. The number of carbonyl (C=O) groups is 1. The molecule has 1 heterocycles. The zero-order valence-electron chi connectivity index (χ0n) is 15.9. The number of hydrogen-bond acceptors (Lipinski definition) is 4. The molecule has 30 heavy (non-hydrogen) atoms. The molecule has 1 aliphatic rings. The first-order chi connectivity index (χ1) is 14.6. The number of amides is 1. The smallest absolute Gasteiger partial charge is 0.277 e. The Morgan fingerprint density at radius 3 is 2.40 bits per heavy atom. The van der Waals surface area contributed by atoms with Gasteiger partial charge in [0.25, 0.3) is 5.91 Å². The minimum Gasteiger partial charge on any atom is -0.491 e. The quantitative estimate of drug-likeness (QED) is 0.518. The maximum atomic E-state index is 13.0. The van der Waals surface area contributed by atoms with E-state index in [0.717, 1.165) is 5.75 Å². The summed E-state index contributed by atoms with van der Waals surface area (Å²) >= 11 is 12.4. The summed E-state index contributed by atoms with van der Waals surface area (Å²) in [6, 6.07) is 23.4. The van der Waals surface area contributed by atoms with Gasteiger partial charge in [-0.25, -0.2) is 9.90 Å². The van der Waals surface area contributed by atoms with E-state index in [9.17, 15) is 4.79 Å². The molecule has 1 fully saturated rings. The molecular weight excluding hydrogens is 425 g/mol. The highest BCUT2D eigenvalue weighted by atomic mass is 35.5. The van der Waals surface area contributed by atoms with E-state index in [-0.39, 0.29) is 19.1 Å². The average Bonchev–Trinajstić information content (AvgIpc) is 2.78. The van der Waals surface area contributed by atoms with Crippen molar-refractivity contribution >= 4 is 29.1 Å². The Hall–Kier alpha value is -2.57. The van der Waals surface area contributed by atoms with Crippen molar-refractivity contribution in [2.45, 2.75) is 12.4 Å². The third-order valence-electron chi connectivity index (χ3n) is 4.55. The number of rotatable bonds is 5. The second kappa shape index (κ2) is 9.49. The van der Waals surface area contributed by atoms with Crippen molar-refractivity contribution in [2.75, 3.05) is 13.2 Å². The highest BCUT2D eigenvalue weighted by molar-refractivity contribution is 6.35. The zero-order chi connectivity index (χ0) is 20.9. The molecule has 0 unspecified atom stereocenters. The van der Waals surface area contributed by atoms with Gasteiger partial charge in [0.05, 0.1) is 11.6 Å². The Morgan fingerprint density at radius 2 is 1.70 bits per heavy atom. The zero-order valence-corrected chi connectivity index (χ0v) is 17.4. The van der Waals surface area contributed by atoms with Crippen LogP contribution in [0, 0.1) is 0 Å². The Morgan fingerprint density at radius 1 is 1.00 bits per heavy atom. The van der Waals surface area contributed by atoms with E-state index in [4.69, 9.17) is 37.5 Å². The predicted octanol–water partition coefficient (Wildman–Crippen LogP) is 5.54. The maximum Gasteiger partial charge on any atom is 0.277 e. The largest absolute Gasteiger partial charge is 0.491 e. The van der Waals surface area contributed by atoms with Crippen molar-refractivity contribution in [1.82, 2.24) is 5.06 Å². The SMILES string of the molecule is O=C(c1ccccc1)N1C[C@@H](COc2ccccc2)O[C@H](c2ccc(Cl)cc2Cl)O1. The van der Waals surface area contributed by atoms with Crippen LogP contribution in [0.25, 0.3) is 0 Å². The molecule has 3 aromatic rings. The van der Waals surface area contributed by atoms with Gasteiger partial charge in [0, 0.05) is 16.1 Å². The summed E-state index contributed by atoms with van der Waals surface area (Å²) in [7, 11) is 0. The van der Waals surface area contributed by atoms with Crippen LogP contribution in [0.15, 0.2) is 78.9 Å². The second-order valence-corrected chi connectivity index (χ2v) is 7.56. The lowest BCUT2D eigenvalue weighted by Crippen LogP contribution is -2.47. The number of para-hydroxylation sites is 1. The van der Waals surface area contributed by atoms with E-state index in [1.54, 1.807) is 42.5 Å². The number of carbonyl (C=O) groups excluding carboxylic acids is 1. The predicted molar refractivity (Wildman–Crippen MR) is 115 cm³/mol. The van der Waals surface area contributed by atoms with E-state index in [1.807, 2.05) is 36.4 Å². The number of hydroxylamine groups is 2. The van der Waals surface area contributed by atoms with Crippen molar-refractivity contribution in [3.05, 3.63) is 100 Å². The molecule has 5 nitrogen and oxygen atoms in total. The van der Waals surface area contributed by atoms with Crippen molar-refractivity contribution < 1.29 is 19.1 Å². The molecule has 0 aliphatic carbocycles.